The first-order valence-electron chi connectivity index (χ1n) is 9.49. The number of carbonyl (C=O) groups excluding carboxylic acids is 2. The molecule has 3 rings (SSSR count). The summed E-state index contributed by atoms with van der Waals surface area (Å²) in [6, 6.07) is 9.06. The van der Waals surface area contributed by atoms with E-state index < -0.39 is 27.7 Å². The molecule has 0 spiro atoms. The number of hydrogen-bond acceptors (Lipinski definition) is 4. The lowest BCUT2D eigenvalue weighted by Crippen LogP contribution is -2.44. The van der Waals surface area contributed by atoms with Gasteiger partial charge in [0, 0.05) is 17.0 Å². The van der Waals surface area contributed by atoms with E-state index in [9.17, 15) is 18.0 Å². The van der Waals surface area contributed by atoms with E-state index in [1.807, 2.05) is 18.2 Å². The van der Waals surface area contributed by atoms with Crippen LogP contribution in [0.5, 0.6) is 0 Å². The number of benzene rings is 2. The van der Waals surface area contributed by atoms with Gasteiger partial charge in [0.25, 0.3) is 5.91 Å². The molecule has 0 saturated heterocycles. The van der Waals surface area contributed by atoms with Crippen LogP contribution in [0.25, 0.3) is 0 Å². The Balaban J connectivity index is 1.76. The van der Waals surface area contributed by atoms with Crippen LogP contribution in [0.2, 0.25) is 10.0 Å². The summed E-state index contributed by atoms with van der Waals surface area (Å²) in [6.45, 7) is 0. The fraction of sp³-hybridized carbons (Fsp3) is 0.333. The van der Waals surface area contributed by atoms with Gasteiger partial charge in [-0.15, -0.1) is 0 Å². The van der Waals surface area contributed by atoms with Gasteiger partial charge >= 0.3 is 0 Å². The average molecular weight is 469 g/mol. The smallest absolute Gasteiger partial charge is 0.253 e. The van der Waals surface area contributed by atoms with Crippen molar-refractivity contribution in [3.8, 4) is 0 Å². The van der Waals surface area contributed by atoms with Crippen LogP contribution in [0.4, 0.5) is 5.69 Å². The lowest BCUT2D eigenvalue weighted by atomic mass is 10.1. The molecule has 1 atom stereocenters. The van der Waals surface area contributed by atoms with Crippen molar-refractivity contribution >= 4 is 50.5 Å². The highest BCUT2D eigenvalue weighted by atomic mass is 35.5. The van der Waals surface area contributed by atoms with E-state index in [4.69, 9.17) is 23.2 Å². The van der Waals surface area contributed by atoms with Gasteiger partial charge in [0.15, 0.2) is 0 Å². The van der Waals surface area contributed by atoms with E-state index >= 15 is 0 Å². The van der Waals surface area contributed by atoms with Crippen molar-refractivity contribution in [2.45, 2.75) is 31.7 Å². The van der Waals surface area contributed by atoms with Crippen molar-refractivity contribution in [2.24, 2.45) is 0 Å². The van der Waals surface area contributed by atoms with E-state index in [0.717, 1.165) is 25.5 Å². The molecule has 0 radical (unpaired) electrons. The number of anilines is 1. The molecule has 160 valence electrons. The van der Waals surface area contributed by atoms with Crippen LogP contribution in [0, 0.1) is 0 Å². The number of hydrogen-bond donors (Lipinski definition) is 2. The second-order valence-electron chi connectivity index (χ2n) is 7.40. The predicted molar refractivity (Wildman–Crippen MR) is 119 cm³/mol. The van der Waals surface area contributed by atoms with Crippen LogP contribution in [0.15, 0.2) is 36.4 Å². The maximum Gasteiger partial charge on any atom is 0.253 e. The van der Waals surface area contributed by atoms with Crippen LogP contribution >= 0.6 is 23.2 Å². The van der Waals surface area contributed by atoms with E-state index in [1.54, 1.807) is 0 Å². The summed E-state index contributed by atoms with van der Waals surface area (Å²) in [4.78, 5) is 25.5. The molecule has 2 aromatic carbocycles. The average Bonchev–Trinajstić information content (AvgIpc) is 3.11. The molecule has 0 aliphatic heterocycles. The summed E-state index contributed by atoms with van der Waals surface area (Å²) >= 11 is 11.9. The molecule has 0 aromatic heterocycles. The van der Waals surface area contributed by atoms with Crippen molar-refractivity contribution in [3.05, 3.63) is 63.1 Å². The summed E-state index contributed by atoms with van der Waals surface area (Å²) in [7, 11) is -3.32. The second kappa shape index (κ2) is 9.37. The minimum absolute atomic E-state index is 0.0629. The molecule has 0 fully saturated rings. The van der Waals surface area contributed by atoms with Gasteiger partial charge in [0.1, 0.15) is 15.9 Å². The molecular weight excluding hydrogens is 447 g/mol. The third kappa shape index (κ3) is 5.97. The summed E-state index contributed by atoms with van der Waals surface area (Å²) in [6.07, 6.45) is 4.09. The van der Waals surface area contributed by atoms with Gasteiger partial charge in [-0.1, -0.05) is 29.3 Å². The van der Waals surface area contributed by atoms with Crippen LogP contribution in [0.3, 0.4) is 0 Å². The summed E-state index contributed by atoms with van der Waals surface area (Å²) < 4.78 is 23.2. The quantitative estimate of drug-likeness (QED) is 0.648. The lowest BCUT2D eigenvalue weighted by molar-refractivity contribution is -0.118. The summed E-state index contributed by atoms with van der Waals surface area (Å²) in [5, 5.41) is 5.90. The topological polar surface area (TPSA) is 92.3 Å². The van der Waals surface area contributed by atoms with Crippen molar-refractivity contribution in [3.63, 3.8) is 0 Å². The molecule has 2 aromatic rings. The number of amides is 2. The predicted octanol–water partition coefficient (Wildman–Crippen LogP) is 3.65. The molecule has 1 aliphatic carbocycles. The zero-order valence-electron chi connectivity index (χ0n) is 16.4. The number of aryl methyl sites for hydroxylation is 2. The number of carbonyl (C=O) groups is 2. The van der Waals surface area contributed by atoms with Crippen LogP contribution < -0.4 is 10.6 Å². The number of sulfone groups is 1. The molecule has 2 amide bonds. The highest BCUT2D eigenvalue weighted by Gasteiger charge is 2.24. The van der Waals surface area contributed by atoms with Gasteiger partial charge in [-0.25, -0.2) is 8.42 Å². The van der Waals surface area contributed by atoms with E-state index in [1.165, 1.54) is 29.3 Å². The number of rotatable bonds is 7. The number of halogens is 2. The Kier molecular flexibility index (Phi) is 7.06. The van der Waals surface area contributed by atoms with Crippen molar-refractivity contribution < 1.29 is 18.0 Å². The van der Waals surface area contributed by atoms with Gasteiger partial charge < -0.3 is 10.6 Å². The molecule has 0 unspecified atom stereocenters. The number of nitrogens with one attached hydrogen (secondary N) is 2. The molecule has 0 heterocycles. The van der Waals surface area contributed by atoms with Gasteiger partial charge in [-0.3, -0.25) is 9.59 Å². The Hall–Kier alpha value is -2.09. The second-order valence-corrected chi connectivity index (χ2v) is 10.5. The minimum atomic E-state index is -3.32. The number of fused-ring (bicyclic) bond motifs is 1. The monoisotopic (exact) mass is 468 g/mol. The molecule has 0 saturated carbocycles. The normalized spacial score (nSPS) is 14.1. The molecule has 6 nitrogen and oxygen atoms in total. The maximum absolute atomic E-state index is 12.9. The van der Waals surface area contributed by atoms with Gasteiger partial charge in [-0.2, -0.15) is 0 Å². The lowest BCUT2D eigenvalue weighted by Gasteiger charge is -2.19. The molecule has 30 heavy (non-hydrogen) atoms. The standard InChI is InChI=1S/C21H22Cl2N2O4S/c1-30(28,29)10-9-19(25-20(26)17-8-6-15(22)12-18(17)23)21(27)24-16-7-5-13-3-2-4-14(13)11-16/h5-8,11-12,19H,2-4,9-10H2,1H3,(H,24,27)(H,25,26)/t19-/m1/s1. The first kappa shape index (κ1) is 22.6. The SMILES string of the molecule is CS(=O)(=O)CC[C@@H](NC(=O)c1ccc(Cl)cc1Cl)C(=O)Nc1ccc2c(c1)CCC2. The van der Waals surface area contributed by atoms with Crippen LogP contribution in [-0.4, -0.2) is 38.3 Å². The zero-order chi connectivity index (χ0) is 21.9. The Morgan fingerprint density at radius 1 is 1.07 bits per heavy atom. The van der Waals surface area contributed by atoms with Crippen molar-refractivity contribution in [1.29, 1.82) is 0 Å². The Morgan fingerprint density at radius 3 is 2.50 bits per heavy atom. The Labute approximate surface area is 185 Å². The van der Waals surface area contributed by atoms with Gasteiger partial charge in [0.05, 0.1) is 16.3 Å². The maximum atomic E-state index is 12.9. The first-order valence-corrected chi connectivity index (χ1v) is 12.3. The Bertz CT molecular complexity index is 1090. The highest BCUT2D eigenvalue weighted by Crippen LogP contribution is 2.25. The highest BCUT2D eigenvalue weighted by molar-refractivity contribution is 7.90. The van der Waals surface area contributed by atoms with Crippen LogP contribution in [-0.2, 0) is 27.5 Å². The van der Waals surface area contributed by atoms with E-state index in [-0.39, 0.29) is 22.8 Å². The minimum Gasteiger partial charge on any atom is -0.340 e. The van der Waals surface area contributed by atoms with E-state index in [0.29, 0.717) is 10.7 Å². The molecule has 1 aliphatic rings. The molecular formula is C21H22Cl2N2O4S. The Morgan fingerprint density at radius 2 is 1.80 bits per heavy atom. The van der Waals surface area contributed by atoms with Gasteiger partial charge in [-0.05, 0) is 67.1 Å². The third-order valence-corrected chi connectivity index (χ3v) is 6.47. The molecule has 0 bridgehead atoms. The van der Waals surface area contributed by atoms with Crippen LogP contribution in [0.1, 0.15) is 34.3 Å². The largest absolute Gasteiger partial charge is 0.340 e. The van der Waals surface area contributed by atoms with Gasteiger partial charge in [0.2, 0.25) is 5.91 Å². The zero-order valence-corrected chi connectivity index (χ0v) is 18.7. The van der Waals surface area contributed by atoms with Crippen molar-refractivity contribution in [1.82, 2.24) is 5.32 Å². The van der Waals surface area contributed by atoms with Crippen molar-refractivity contribution in [2.75, 3.05) is 17.3 Å². The molecule has 9 heteroatoms. The molecule has 2 N–H and O–H groups in total. The summed E-state index contributed by atoms with van der Waals surface area (Å²) in [5.74, 6) is -1.32. The summed E-state index contributed by atoms with van der Waals surface area (Å²) in [5.41, 5.74) is 3.23. The fourth-order valence-corrected chi connectivity index (χ4v) is 4.55. The fourth-order valence-electron chi connectivity index (χ4n) is 3.39. The van der Waals surface area contributed by atoms with E-state index in [2.05, 4.69) is 10.6 Å². The third-order valence-electron chi connectivity index (χ3n) is 4.94. The first-order chi connectivity index (χ1) is 14.1.